The van der Waals surface area contributed by atoms with Crippen LogP contribution in [0.4, 0.5) is 4.39 Å². The van der Waals surface area contributed by atoms with Crippen LogP contribution in [0.2, 0.25) is 0 Å². The van der Waals surface area contributed by atoms with E-state index in [9.17, 15) is 14.3 Å². The molecule has 2 unspecified atom stereocenters. The summed E-state index contributed by atoms with van der Waals surface area (Å²) in [5.41, 5.74) is 0.00673. The van der Waals surface area contributed by atoms with Gasteiger partial charge in [0.1, 0.15) is 0 Å². The SMILES string of the molecule is O=C(NC1CCCCC1CO)c1ccncc1F. The number of nitrogens with zero attached hydrogens (tertiary/aromatic N) is 1. The van der Waals surface area contributed by atoms with Crippen molar-refractivity contribution in [2.45, 2.75) is 31.7 Å². The zero-order valence-corrected chi connectivity index (χ0v) is 10.1. The molecule has 1 aliphatic rings. The molecular weight excluding hydrogens is 235 g/mol. The van der Waals surface area contributed by atoms with Crippen LogP contribution in [0, 0.1) is 11.7 Å². The number of aromatic nitrogens is 1. The third-order valence-electron chi connectivity index (χ3n) is 3.48. The van der Waals surface area contributed by atoms with E-state index in [2.05, 4.69) is 10.3 Å². The molecule has 0 spiro atoms. The number of amides is 1. The molecular formula is C13H17FN2O2. The lowest BCUT2D eigenvalue weighted by Crippen LogP contribution is -2.43. The Hall–Kier alpha value is -1.49. The van der Waals surface area contributed by atoms with Gasteiger partial charge in [-0.2, -0.15) is 0 Å². The van der Waals surface area contributed by atoms with Crippen molar-refractivity contribution in [3.63, 3.8) is 0 Å². The van der Waals surface area contributed by atoms with Crippen LogP contribution in [0.1, 0.15) is 36.0 Å². The van der Waals surface area contributed by atoms with E-state index in [0.717, 1.165) is 31.9 Å². The fourth-order valence-corrected chi connectivity index (χ4v) is 2.42. The second kappa shape index (κ2) is 5.91. The normalized spacial score (nSPS) is 23.7. The number of hydrogen-bond acceptors (Lipinski definition) is 3. The van der Waals surface area contributed by atoms with Crippen LogP contribution in [-0.4, -0.2) is 28.6 Å². The number of halogens is 1. The summed E-state index contributed by atoms with van der Waals surface area (Å²) < 4.78 is 13.4. The van der Waals surface area contributed by atoms with E-state index in [1.807, 2.05) is 0 Å². The summed E-state index contributed by atoms with van der Waals surface area (Å²) in [5, 5.41) is 12.1. The topological polar surface area (TPSA) is 62.2 Å². The Morgan fingerprint density at radius 3 is 3.00 bits per heavy atom. The average Bonchev–Trinajstić information content (AvgIpc) is 2.39. The van der Waals surface area contributed by atoms with Gasteiger partial charge in [-0.1, -0.05) is 12.8 Å². The van der Waals surface area contributed by atoms with Gasteiger partial charge < -0.3 is 10.4 Å². The lowest BCUT2D eigenvalue weighted by atomic mass is 9.85. The van der Waals surface area contributed by atoms with Gasteiger partial charge in [0.15, 0.2) is 5.82 Å². The fourth-order valence-electron chi connectivity index (χ4n) is 2.42. The maximum absolute atomic E-state index is 13.4. The van der Waals surface area contributed by atoms with E-state index < -0.39 is 11.7 Å². The molecule has 18 heavy (non-hydrogen) atoms. The summed E-state index contributed by atoms with van der Waals surface area (Å²) in [6, 6.07) is 1.30. The molecule has 5 heteroatoms. The van der Waals surface area contributed by atoms with Crippen LogP contribution in [0.15, 0.2) is 18.5 Å². The van der Waals surface area contributed by atoms with E-state index in [-0.39, 0.29) is 24.1 Å². The van der Waals surface area contributed by atoms with Gasteiger partial charge in [0.25, 0.3) is 5.91 Å². The predicted molar refractivity (Wildman–Crippen MR) is 64.5 cm³/mol. The maximum atomic E-state index is 13.4. The fraction of sp³-hybridized carbons (Fsp3) is 0.538. The Morgan fingerprint density at radius 2 is 2.28 bits per heavy atom. The first-order valence-electron chi connectivity index (χ1n) is 6.23. The molecule has 1 heterocycles. The monoisotopic (exact) mass is 252 g/mol. The van der Waals surface area contributed by atoms with Crippen LogP contribution < -0.4 is 5.32 Å². The standard InChI is InChI=1S/C13H17FN2O2/c14-11-7-15-6-5-10(11)13(18)16-12-4-2-1-3-9(12)8-17/h5-7,9,12,17H,1-4,8H2,(H,16,18). The van der Waals surface area contributed by atoms with Crippen molar-refractivity contribution < 1.29 is 14.3 Å². The Bertz CT molecular complexity index is 425. The van der Waals surface area contributed by atoms with Crippen LogP contribution in [0.25, 0.3) is 0 Å². The van der Waals surface area contributed by atoms with E-state index >= 15 is 0 Å². The molecule has 1 saturated carbocycles. The molecule has 0 radical (unpaired) electrons. The van der Waals surface area contributed by atoms with Gasteiger partial charge in [0.2, 0.25) is 0 Å². The third-order valence-corrected chi connectivity index (χ3v) is 3.48. The summed E-state index contributed by atoms with van der Waals surface area (Å²) in [4.78, 5) is 15.5. The molecule has 98 valence electrons. The summed E-state index contributed by atoms with van der Waals surface area (Å²) in [6.45, 7) is 0.0593. The lowest BCUT2D eigenvalue weighted by molar-refractivity contribution is 0.0868. The van der Waals surface area contributed by atoms with E-state index in [0.29, 0.717) is 0 Å². The first-order valence-corrected chi connectivity index (χ1v) is 6.23. The molecule has 0 aromatic carbocycles. The molecule has 2 atom stereocenters. The smallest absolute Gasteiger partial charge is 0.254 e. The highest BCUT2D eigenvalue weighted by Gasteiger charge is 2.26. The largest absolute Gasteiger partial charge is 0.396 e. The molecule has 1 fully saturated rings. The molecule has 1 aromatic rings. The van der Waals surface area contributed by atoms with Crippen molar-refractivity contribution >= 4 is 5.91 Å². The number of pyridine rings is 1. The first kappa shape index (κ1) is 13.0. The second-order valence-electron chi connectivity index (χ2n) is 4.66. The molecule has 1 amide bonds. The van der Waals surface area contributed by atoms with Gasteiger partial charge in [0.05, 0.1) is 11.8 Å². The van der Waals surface area contributed by atoms with E-state index in [4.69, 9.17) is 0 Å². The quantitative estimate of drug-likeness (QED) is 0.857. The Balaban J connectivity index is 2.04. The van der Waals surface area contributed by atoms with Crippen molar-refractivity contribution in [2.75, 3.05) is 6.61 Å². The van der Waals surface area contributed by atoms with Crippen LogP contribution in [0.3, 0.4) is 0 Å². The van der Waals surface area contributed by atoms with Crippen LogP contribution >= 0.6 is 0 Å². The summed E-state index contributed by atoms with van der Waals surface area (Å²) >= 11 is 0. The Labute approximate surface area is 105 Å². The average molecular weight is 252 g/mol. The Morgan fingerprint density at radius 1 is 1.50 bits per heavy atom. The summed E-state index contributed by atoms with van der Waals surface area (Å²) in [6.07, 6.45) is 6.26. The highest BCUT2D eigenvalue weighted by molar-refractivity contribution is 5.94. The van der Waals surface area contributed by atoms with E-state index in [1.54, 1.807) is 0 Å². The second-order valence-corrected chi connectivity index (χ2v) is 4.66. The highest BCUT2D eigenvalue weighted by Crippen LogP contribution is 2.24. The minimum atomic E-state index is -0.619. The van der Waals surface area contributed by atoms with Crippen molar-refractivity contribution in [1.29, 1.82) is 0 Å². The number of aliphatic hydroxyl groups excluding tert-OH is 1. The Kier molecular flexibility index (Phi) is 4.25. The third kappa shape index (κ3) is 2.85. The van der Waals surface area contributed by atoms with Gasteiger partial charge in [0, 0.05) is 24.8 Å². The zero-order chi connectivity index (χ0) is 13.0. The number of rotatable bonds is 3. The van der Waals surface area contributed by atoms with Gasteiger partial charge >= 0.3 is 0 Å². The van der Waals surface area contributed by atoms with Crippen molar-refractivity contribution in [1.82, 2.24) is 10.3 Å². The summed E-state index contributed by atoms with van der Waals surface area (Å²) in [7, 11) is 0. The van der Waals surface area contributed by atoms with Gasteiger partial charge in [-0.15, -0.1) is 0 Å². The number of carbonyl (C=O) groups is 1. The van der Waals surface area contributed by atoms with Crippen LogP contribution in [-0.2, 0) is 0 Å². The number of aliphatic hydroxyl groups is 1. The van der Waals surface area contributed by atoms with E-state index in [1.165, 1.54) is 12.3 Å². The van der Waals surface area contributed by atoms with Crippen molar-refractivity contribution in [2.24, 2.45) is 5.92 Å². The maximum Gasteiger partial charge on any atom is 0.254 e. The highest BCUT2D eigenvalue weighted by atomic mass is 19.1. The summed E-state index contributed by atoms with van der Waals surface area (Å²) in [5.74, 6) is -0.973. The molecule has 2 N–H and O–H groups in total. The molecule has 1 aliphatic carbocycles. The predicted octanol–water partition coefficient (Wildman–Crippen LogP) is 1.50. The number of carbonyl (C=O) groups excluding carboxylic acids is 1. The molecule has 2 rings (SSSR count). The zero-order valence-electron chi connectivity index (χ0n) is 10.1. The number of nitrogens with one attached hydrogen (secondary N) is 1. The number of hydrogen-bond donors (Lipinski definition) is 2. The first-order chi connectivity index (χ1) is 8.72. The van der Waals surface area contributed by atoms with Crippen LogP contribution in [0.5, 0.6) is 0 Å². The van der Waals surface area contributed by atoms with Gasteiger partial charge in [-0.05, 0) is 18.9 Å². The molecule has 0 bridgehead atoms. The lowest BCUT2D eigenvalue weighted by Gasteiger charge is -2.30. The van der Waals surface area contributed by atoms with Gasteiger partial charge in [-0.25, -0.2) is 4.39 Å². The van der Waals surface area contributed by atoms with Crippen molar-refractivity contribution in [3.8, 4) is 0 Å². The molecule has 0 aliphatic heterocycles. The molecule has 0 saturated heterocycles. The minimum absolute atomic E-state index is 0.00673. The minimum Gasteiger partial charge on any atom is -0.396 e. The molecule has 1 aromatic heterocycles. The van der Waals surface area contributed by atoms with Crippen molar-refractivity contribution in [3.05, 3.63) is 29.8 Å². The molecule has 4 nitrogen and oxygen atoms in total. The van der Waals surface area contributed by atoms with Gasteiger partial charge in [-0.3, -0.25) is 9.78 Å².